The van der Waals surface area contributed by atoms with E-state index >= 15 is 0 Å². The lowest BCUT2D eigenvalue weighted by molar-refractivity contribution is -0.150. The van der Waals surface area contributed by atoms with Crippen molar-refractivity contribution >= 4 is 17.8 Å². The maximum Gasteiger partial charge on any atom is 0.323 e. The van der Waals surface area contributed by atoms with Gasteiger partial charge in [-0.05, 0) is 37.1 Å². The zero-order chi connectivity index (χ0) is 16.0. The van der Waals surface area contributed by atoms with Crippen LogP contribution in [0.2, 0.25) is 0 Å². The molecule has 0 bridgehead atoms. The van der Waals surface area contributed by atoms with Crippen LogP contribution in [0, 0.1) is 13.8 Å². The van der Waals surface area contributed by atoms with Crippen LogP contribution in [0.15, 0.2) is 18.2 Å². The van der Waals surface area contributed by atoms with Gasteiger partial charge in [0.2, 0.25) is 0 Å². The zero-order valence-electron chi connectivity index (χ0n) is 11.8. The third-order valence-corrected chi connectivity index (χ3v) is 2.56. The summed E-state index contributed by atoms with van der Waals surface area (Å²) in [5.74, 6) is -2.78. The number of hydrogen-bond acceptors (Lipinski definition) is 4. The summed E-state index contributed by atoms with van der Waals surface area (Å²) in [6.07, 6.45) is 0. The summed E-state index contributed by atoms with van der Waals surface area (Å²) in [6.45, 7) is 1.98. The predicted octanol–water partition coefficient (Wildman–Crippen LogP) is 0.680. The third-order valence-electron chi connectivity index (χ3n) is 2.56. The molecule has 0 heterocycles. The lowest BCUT2D eigenvalue weighted by Gasteiger charge is -2.18. The average Bonchev–Trinajstić information content (AvgIpc) is 2.32. The Kier molecular flexibility index (Phi) is 5.71. The Labute approximate surface area is 121 Å². The fourth-order valence-electron chi connectivity index (χ4n) is 1.81. The van der Waals surface area contributed by atoms with Crippen LogP contribution in [-0.2, 0) is 14.4 Å². The molecule has 21 heavy (non-hydrogen) atoms. The second-order valence-electron chi connectivity index (χ2n) is 4.65. The number of aliphatic carboxylic acids is 2. The Morgan fingerprint density at radius 1 is 1.00 bits per heavy atom. The van der Waals surface area contributed by atoms with Gasteiger partial charge in [0, 0.05) is 0 Å². The van der Waals surface area contributed by atoms with Gasteiger partial charge in [0.1, 0.15) is 18.8 Å². The van der Waals surface area contributed by atoms with Gasteiger partial charge in [0.15, 0.2) is 6.61 Å². The van der Waals surface area contributed by atoms with Gasteiger partial charge in [0.25, 0.3) is 5.91 Å². The van der Waals surface area contributed by atoms with Gasteiger partial charge >= 0.3 is 11.9 Å². The normalized spacial score (nSPS) is 10.0. The first kappa shape index (κ1) is 16.5. The number of amides is 1. The van der Waals surface area contributed by atoms with Gasteiger partial charge in [-0.15, -0.1) is 0 Å². The Balaban J connectivity index is 2.68. The SMILES string of the molecule is Cc1cc(C)cc(OCC(=O)N(CC(=O)O)CC(=O)O)c1. The number of carbonyl (C=O) groups excluding carboxylic acids is 1. The maximum atomic E-state index is 11.8. The minimum Gasteiger partial charge on any atom is -0.484 e. The molecule has 0 aliphatic rings. The lowest BCUT2D eigenvalue weighted by atomic mass is 10.1. The van der Waals surface area contributed by atoms with Crippen LogP contribution in [0.25, 0.3) is 0 Å². The van der Waals surface area contributed by atoms with Gasteiger partial charge in [0.05, 0.1) is 0 Å². The van der Waals surface area contributed by atoms with Crippen LogP contribution in [0.5, 0.6) is 5.75 Å². The molecule has 0 saturated carbocycles. The van der Waals surface area contributed by atoms with Crippen LogP contribution >= 0.6 is 0 Å². The molecule has 0 radical (unpaired) electrons. The molecule has 0 fully saturated rings. The molecule has 0 spiro atoms. The monoisotopic (exact) mass is 295 g/mol. The summed E-state index contributed by atoms with van der Waals surface area (Å²) in [5, 5.41) is 17.4. The topological polar surface area (TPSA) is 104 Å². The number of aryl methyl sites for hydroxylation is 2. The number of carboxylic acid groups (broad SMARTS) is 2. The van der Waals surface area contributed by atoms with Crippen molar-refractivity contribution < 1.29 is 29.3 Å². The predicted molar refractivity (Wildman–Crippen MR) is 73.3 cm³/mol. The van der Waals surface area contributed by atoms with Gasteiger partial charge in [-0.2, -0.15) is 0 Å². The summed E-state index contributed by atoms with van der Waals surface area (Å²) in [5.41, 5.74) is 1.93. The van der Waals surface area contributed by atoms with Crippen molar-refractivity contribution in [3.8, 4) is 5.75 Å². The number of rotatable bonds is 7. The first-order valence-corrected chi connectivity index (χ1v) is 6.20. The lowest BCUT2D eigenvalue weighted by Crippen LogP contribution is -2.41. The molecule has 0 aromatic heterocycles. The smallest absolute Gasteiger partial charge is 0.323 e. The van der Waals surface area contributed by atoms with E-state index in [0.29, 0.717) is 10.6 Å². The number of benzene rings is 1. The molecule has 0 saturated heterocycles. The van der Waals surface area contributed by atoms with E-state index in [2.05, 4.69) is 0 Å². The largest absolute Gasteiger partial charge is 0.484 e. The first-order chi connectivity index (χ1) is 9.77. The van der Waals surface area contributed by atoms with Crippen LogP contribution in [-0.4, -0.2) is 52.7 Å². The van der Waals surface area contributed by atoms with Gasteiger partial charge in [-0.25, -0.2) is 0 Å². The van der Waals surface area contributed by atoms with Crippen LogP contribution in [0.3, 0.4) is 0 Å². The van der Waals surface area contributed by atoms with Crippen molar-refractivity contribution in [1.82, 2.24) is 4.90 Å². The van der Waals surface area contributed by atoms with E-state index in [1.165, 1.54) is 0 Å². The summed E-state index contributed by atoms with van der Waals surface area (Å²) >= 11 is 0. The highest BCUT2D eigenvalue weighted by atomic mass is 16.5. The van der Waals surface area contributed by atoms with E-state index in [1.807, 2.05) is 19.9 Å². The molecule has 0 aliphatic carbocycles. The van der Waals surface area contributed by atoms with Crippen molar-refractivity contribution in [2.24, 2.45) is 0 Å². The van der Waals surface area contributed by atoms with E-state index in [1.54, 1.807) is 12.1 Å². The van der Waals surface area contributed by atoms with Gasteiger partial charge in [-0.1, -0.05) is 6.07 Å². The summed E-state index contributed by atoms with van der Waals surface area (Å²) in [7, 11) is 0. The van der Waals surface area contributed by atoms with Crippen LogP contribution in [0.4, 0.5) is 0 Å². The molecule has 7 heteroatoms. The second-order valence-corrected chi connectivity index (χ2v) is 4.65. The standard InChI is InChI=1S/C14H17NO6/c1-9-3-10(2)5-11(4-9)21-8-12(16)15(6-13(17)18)7-14(19)20/h3-5H,6-8H2,1-2H3,(H,17,18)(H,19,20). The molecular formula is C14H17NO6. The Bertz CT molecular complexity index is 518. The van der Waals surface area contributed by atoms with Gasteiger partial charge < -0.3 is 19.8 Å². The van der Waals surface area contributed by atoms with Crippen molar-refractivity contribution in [3.63, 3.8) is 0 Å². The third kappa shape index (κ3) is 5.94. The van der Waals surface area contributed by atoms with Crippen molar-refractivity contribution in [3.05, 3.63) is 29.3 Å². The Hall–Kier alpha value is -2.57. The zero-order valence-corrected chi connectivity index (χ0v) is 11.8. The molecule has 1 rings (SSSR count). The van der Waals surface area contributed by atoms with Crippen LogP contribution < -0.4 is 4.74 Å². The van der Waals surface area contributed by atoms with Gasteiger partial charge in [-0.3, -0.25) is 14.4 Å². The maximum absolute atomic E-state index is 11.8. The summed E-state index contributed by atoms with van der Waals surface area (Å²) in [6, 6.07) is 5.41. The first-order valence-electron chi connectivity index (χ1n) is 6.20. The van der Waals surface area contributed by atoms with E-state index in [-0.39, 0.29) is 0 Å². The molecule has 0 aliphatic heterocycles. The highest BCUT2D eigenvalue weighted by molar-refractivity contribution is 5.85. The molecule has 1 amide bonds. The Morgan fingerprint density at radius 2 is 1.48 bits per heavy atom. The molecule has 0 unspecified atom stereocenters. The average molecular weight is 295 g/mol. The van der Waals surface area contributed by atoms with Crippen LogP contribution in [0.1, 0.15) is 11.1 Å². The van der Waals surface area contributed by atoms with Crippen molar-refractivity contribution in [2.75, 3.05) is 19.7 Å². The molecule has 2 N–H and O–H groups in total. The van der Waals surface area contributed by atoms with E-state index in [0.717, 1.165) is 11.1 Å². The number of nitrogens with zero attached hydrogens (tertiary/aromatic N) is 1. The minimum atomic E-state index is -1.28. The minimum absolute atomic E-state index is 0.413. The molecule has 114 valence electrons. The molecule has 1 aromatic rings. The van der Waals surface area contributed by atoms with Crippen molar-refractivity contribution in [1.29, 1.82) is 0 Å². The molecule has 0 atom stereocenters. The van der Waals surface area contributed by atoms with E-state index in [9.17, 15) is 14.4 Å². The number of ether oxygens (including phenoxy) is 1. The van der Waals surface area contributed by atoms with E-state index in [4.69, 9.17) is 14.9 Å². The molecular weight excluding hydrogens is 278 g/mol. The highest BCUT2D eigenvalue weighted by Gasteiger charge is 2.20. The molecule has 7 nitrogen and oxygen atoms in total. The molecule has 1 aromatic carbocycles. The number of hydrogen-bond donors (Lipinski definition) is 2. The van der Waals surface area contributed by atoms with E-state index < -0.39 is 37.5 Å². The quantitative estimate of drug-likeness (QED) is 0.766. The number of carboxylic acids is 2. The summed E-state index contributed by atoms with van der Waals surface area (Å²) < 4.78 is 5.30. The van der Waals surface area contributed by atoms with Crippen molar-refractivity contribution in [2.45, 2.75) is 13.8 Å². The number of carbonyl (C=O) groups is 3. The second kappa shape index (κ2) is 7.28. The highest BCUT2D eigenvalue weighted by Crippen LogP contribution is 2.16. The Morgan fingerprint density at radius 3 is 1.90 bits per heavy atom. The fourth-order valence-corrected chi connectivity index (χ4v) is 1.81. The summed E-state index contributed by atoms with van der Waals surface area (Å²) in [4.78, 5) is 33.8. The fraction of sp³-hybridized carbons (Fsp3) is 0.357.